The molecule has 1 aromatic rings. The monoisotopic (exact) mass is 264 g/mol. The van der Waals surface area contributed by atoms with Crippen LogP contribution in [-0.4, -0.2) is 19.0 Å². The van der Waals surface area contributed by atoms with Crippen molar-refractivity contribution in [3.63, 3.8) is 0 Å². The number of carbonyl (C=O) groups excluding carboxylic acids is 1. The lowest BCUT2D eigenvalue weighted by Crippen LogP contribution is -2.27. The first-order valence-electron chi connectivity index (χ1n) is 4.69. The minimum absolute atomic E-state index is 0.119. The van der Waals surface area contributed by atoms with E-state index >= 15 is 0 Å². The maximum absolute atomic E-state index is 13.1. The fraction of sp³-hybridized carbons (Fsp3) is 0.300. The molecule has 0 aliphatic heterocycles. The third-order valence-corrected chi connectivity index (χ3v) is 2.35. The summed E-state index contributed by atoms with van der Waals surface area (Å²) in [4.78, 5) is 11.3. The fourth-order valence-corrected chi connectivity index (χ4v) is 1.56. The Morgan fingerprint density at radius 1 is 1.38 bits per heavy atom. The van der Waals surface area contributed by atoms with Crippen molar-refractivity contribution in [3.8, 4) is 0 Å². The molecule has 0 saturated heterocycles. The number of rotatable bonds is 4. The zero-order valence-electron chi connectivity index (χ0n) is 8.61. The maximum Gasteiger partial charge on any atom is 0.238 e. The zero-order valence-corrected chi connectivity index (χ0v) is 10.1. The average Bonchev–Trinajstić information content (AvgIpc) is 2.23. The van der Waals surface area contributed by atoms with Crippen molar-refractivity contribution >= 4 is 34.8 Å². The Morgan fingerprint density at radius 2 is 1.94 bits per heavy atom. The molecule has 0 aliphatic carbocycles. The molecule has 1 rings (SSSR count). The summed E-state index contributed by atoms with van der Waals surface area (Å²) in [6, 6.07) is 2.62. The van der Waals surface area contributed by atoms with Gasteiger partial charge in [-0.1, -0.05) is 30.1 Å². The van der Waals surface area contributed by atoms with E-state index in [1.807, 2.05) is 6.92 Å². The van der Waals surface area contributed by atoms with Crippen LogP contribution in [0.25, 0.3) is 0 Å². The van der Waals surface area contributed by atoms with Crippen molar-refractivity contribution in [2.75, 3.05) is 18.4 Å². The lowest BCUT2D eigenvalue weighted by atomic mass is 10.3. The summed E-state index contributed by atoms with van der Waals surface area (Å²) in [5.74, 6) is -0.923. The highest BCUT2D eigenvalue weighted by Gasteiger charge is 2.09. The summed E-state index contributed by atoms with van der Waals surface area (Å²) in [7, 11) is 0. The van der Waals surface area contributed by atoms with Crippen molar-refractivity contribution in [2.45, 2.75) is 6.92 Å². The van der Waals surface area contributed by atoms with Crippen molar-refractivity contribution in [1.29, 1.82) is 0 Å². The highest BCUT2D eigenvalue weighted by molar-refractivity contribution is 6.35. The van der Waals surface area contributed by atoms with Crippen LogP contribution >= 0.6 is 23.2 Å². The number of carbonyl (C=O) groups is 1. The number of hydrogen-bond acceptors (Lipinski definition) is 2. The molecule has 0 heterocycles. The molecule has 88 valence electrons. The lowest BCUT2D eigenvalue weighted by Gasteiger charge is -2.07. The van der Waals surface area contributed by atoms with Gasteiger partial charge in [0.1, 0.15) is 0 Å². The molecule has 0 aliphatic rings. The summed E-state index contributed by atoms with van der Waals surface area (Å²) in [5, 5.41) is 5.17. The second kappa shape index (κ2) is 6.03. The van der Waals surface area contributed by atoms with Gasteiger partial charge in [-0.3, -0.25) is 4.79 Å². The molecule has 0 fully saturated rings. The lowest BCUT2D eigenvalue weighted by molar-refractivity contribution is -0.115. The van der Waals surface area contributed by atoms with Crippen molar-refractivity contribution in [3.05, 3.63) is 28.0 Å². The Morgan fingerprint density at radius 3 is 2.44 bits per heavy atom. The third kappa shape index (κ3) is 3.63. The van der Waals surface area contributed by atoms with Gasteiger partial charge in [0.2, 0.25) is 5.91 Å². The van der Waals surface area contributed by atoms with Gasteiger partial charge in [-0.15, -0.1) is 0 Å². The molecule has 6 heteroatoms. The summed E-state index contributed by atoms with van der Waals surface area (Å²) < 4.78 is 13.1. The number of halogens is 3. The van der Waals surface area contributed by atoms with E-state index in [1.165, 1.54) is 12.1 Å². The van der Waals surface area contributed by atoms with Crippen LogP contribution in [0.5, 0.6) is 0 Å². The van der Waals surface area contributed by atoms with E-state index in [0.29, 0.717) is 12.2 Å². The number of anilines is 1. The van der Waals surface area contributed by atoms with E-state index in [4.69, 9.17) is 23.2 Å². The third-order valence-electron chi connectivity index (χ3n) is 1.80. The van der Waals surface area contributed by atoms with Crippen molar-refractivity contribution in [2.24, 2.45) is 0 Å². The van der Waals surface area contributed by atoms with Crippen molar-refractivity contribution < 1.29 is 9.18 Å². The van der Waals surface area contributed by atoms with Gasteiger partial charge in [-0.25, -0.2) is 4.39 Å². The van der Waals surface area contributed by atoms with Gasteiger partial charge in [0, 0.05) is 5.69 Å². The summed E-state index contributed by atoms with van der Waals surface area (Å²) in [6.45, 7) is 2.76. The molecule has 0 atom stereocenters. The van der Waals surface area contributed by atoms with Crippen LogP contribution in [-0.2, 0) is 4.79 Å². The van der Waals surface area contributed by atoms with Crippen LogP contribution in [0.15, 0.2) is 12.1 Å². The smallest absolute Gasteiger partial charge is 0.238 e. The quantitative estimate of drug-likeness (QED) is 0.822. The van der Waals surface area contributed by atoms with Gasteiger partial charge in [-0.05, 0) is 18.7 Å². The van der Waals surface area contributed by atoms with E-state index in [1.54, 1.807) is 0 Å². The predicted octanol–water partition coefficient (Wildman–Crippen LogP) is 2.68. The Kier molecular flexibility index (Phi) is 4.99. The molecule has 1 aromatic carbocycles. The van der Waals surface area contributed by atoms with E-state index in [-0.39, 0.29) is 22.5 Å². The van der Waals surface area contributed by atoms with Crippen LogP contribution in [0, 0.1) is 5.82 Å². The number of hydrogen-bond donors (Lipinski definition) is 2. The Labute approximate surface area is 103 Å². The van der Waals surface area contributed by atoms with Crippen LogP contribution < -0.4 is 10.6 Å². The minimum Gasteiger partial charge on any atom is -0.325 e. The molecular weight excluding hydrogens is 254 g/mol. The normalized spacial score (nSPS) is 10.2. The molecule has 0 radical (unpaired) electrons. The van der Waals surface area contributed by atoms with Gasteiger partial charge in [0.25, 0.3) is 0 Å². The van der Waals surface area contributed by atoms with Crippen LogP contribution in [0.3, 0.4) is 0 Å². The van der Waals surface area contributed by atoms with Gasteiger partial charge >= 0.3 is 0 Å². The molecule has 0 saturated carbocycles. The molecule has 3 nitrogen and oxygen atoms in total. The zero-order chi connectivity index (χ0) is 12.1. The van der Waals surface area contributed by atoms with Gasteiger partial charge in [0.15, 0.2) is 5.82 Å². The number of likely N-dealkylation sites (N-methyl/N-ethyl adjacent to an activating group) is 1. The average molecular weight is 265 g/mol. The number of amides is 1. The molecule has 16 heavy (non-hydrogen) atoms. The second-order valence-corrected chi connectivity index (χ2v) is 3.90. The molecule has 0 spiro atoms. The first-order chi connectivity index (χ1) is 7.54. The first kappa shape index (κ1) is 13.2. The van der Waals surface area contributed by atoms with Crippen LogP contribution in [0.1, 0.15) is 6.92 Å². The van der Waals surface area contributed by atoms with Gasteiger partial charge in [0.05, 0.1) is 16.6 Å². The van der Waals surface area contributed by atoms with Gasteiger partial charge in [-0.2, -0.15) is 0 Å². The summed E-state index contributed by atoms with van der Waals surface area (Å²) in [6.07, 6.45) is 0. The fourth-order valence-electron chi connectivity index (χ4n) is 1.07. The van der Waals surface area contributed by atoms with E-state index in [2.05, 4.69) is 10.6 Å². The van der Waals surface area contributed by atoms with Crippen LogP contribution in [0.4, 0.5) is 10.1 Å². The largest absolute Gasteiger partial charge is 0.325 e. The Hall–Kier alpha value is -0.840. The summed E-state index contributed by atoms with van der Waals surface area (Å²) in [5.41, 5.74) is 0.374. The Balaban J connectivity index is 2.71. The van der Waals surface area contributed by atoms with Crippen LogP contribution in [0.2, 0.25) is 10.0 Å². The van der Waals surface area contributed by atoms with Gasteiger partial charge < -0.3 is 10.6 Å². The molecular formula is C10H11Cl2FN2O. The number of nitrogens with one attached hydrogen (secondary N) is 2. The highest BCUT2D eigenvalue weighted by atomic mass is 35.5. The SMILES string of the molecule is CCNCC(=O)Nc1cc(Cl)c(F)c(Cl)c1. The molecule has 1 amide bonds. The standard InChI is InChI=1S/C10H11Cl2FN2O/c1-2-14-5-9(16)15-6-3-7(11)10(13)8(12)4-6/h3-4,14H,2,5H2,1H3,(H,15,16). The second-order valence-electron chi connectivity index (χ2n) is 3.08. The summed E-state index contributed by atoms with van der Waals surface area (Å²) >= 11 is 11.2. The van der Waals surface area contributed by atoms with E-state index in [9.17, 15) is 9.18 Å². The molecule has 2 N–H and O–H groups in total. The first-order valence-corrected chi connectivity index (χ1v) is 5.45. The maximum atomic E-state index is 13.1. The Bertz CT molecular complexity index is 375. The molecule has 0 unspecified atom stereocenters. The molecule has 0 aromatic heterocycles. The van der Waals surface area contributed by atoms with E-state index in [0.717, 1.165) is 0 Å². The number of benzene rings is 1. The molecule has 0 bridgehead atoms. The van der Waals surface area contributed by atoms with E-state index < -0.39 is 5.82 Å². The van der Waals surface area contributed by atoms with Crippen molar-refractivity contribution in [1.82, 2.24) is 5.32 Å². The minimum atomic E-state index is -0.687. The topological polar surface area (TPSA) is 41.1 Å². The predicted molar refractivity (Wildman–Crippen MR) is 63.6 cm³/mol. The highest BCUT2D eigenvalue weighted by Crippen LogP contribution is 2.27.